The fraction of sp³-hybridized carbons (Fsp3) is 0.533. The van der Waals surface area contributed by atoms with Gasteiger partial charge in [0.1, 0.15) is 5.82 Å². The summed E-state index contributed by atoms with van der Waals surface area (Å²) in [6, 6.07) is 4.32. The molecule has 1 aliphatic rings. The van der Waals surface area contributed by atoms with Gasteiger partial charge in [0, 0.05) is 10.9 Å². The molecule has 0 saturated heterocycles. The number of hydrogen-bond acceptors (Lipinski definition) is 1. The summed E-state index contributed by atoms with van der Waals surface area (Å²) in [5.41, 5.74) is 0.513. The molecule has 0 aliphatic heterocycles. The molecule has 104 valence electrons. The molecule has 0 atom stereocenters. The first-order valence-electron chi connectivity index (χ1n) is 6.90. The lowest BCUT2D eigenvalue weighted by molar-refractivity contribution is -0.117. The van der Waals surface area contributed by atoms with Crippen molar-refractivity contribution in [3.63, 3.8) is 0 Å². The smallest absolute Gasteiger partial charge is 0.224 e. The van der Waals surface area contributed by atoms with Gasteiger partial charge in [-0.05, 0) is 52.9 Å². The van der Waals surface area contributed by atoms with Crippen molar-refractivity contribution in [2.24, 2.45) is 5.92 Å². The molecule has 4 heteroatoms. The zero-order valence-electron chi connectivity index (χ0n) is 10.9. The second-order valence-electron chi connectivity index (χ2n) is 5.23. The largest absolute Gasteiger partial charge is 0.325 e. The maximum absolute atomic E-state index is 13.1. The lowest BCUT2D eigenvalue weighted by Gasteiger charge is -2.14. The molecule has 0 radical (unpaired) electrons. The van der Waals surface area contributed by atoms with Crippen molar-refractivity contribution < 1.29 is 9.18 Å². The van der Waals surface area contributed by atoms with E-state index in [4.69, 9.17) is 0 Å². The van der Waals surface area contributed by atoms with Gasteiger partial charge in [0.15, 0.2) is 0 Å². The number of nitrogens with one attached hydrogen (secondary N) is 1. The van der Waals surface area contributed by atoms with E-state index in [0.717, 1.165) is 12.8 Å². The van der Waals surface area contributed by atoms with Crippen molar-refractivity contribution in [3.8, 4) is 0 Å². The lowest BCUT2D eigenvalue weighted by Crippen LogP contribution is -2.16. The zero-order valence-corrected chi connectivity index (χ0v) is 12.5. The van der Waals surface area contributed by atoms with Gasteiger partial charge in [-0.1, -0.05) is 25.7 Å². The molecule has 0 bridgehead atoms. The SMILES string of the molecule is O=C(CC1CCCCCC1)Nc1cc(F)ccc1Br. The van der Waals surface area contributed by atoms with Crippen LogP contribution in [-0.2, 0) is 4.79 Å². The fourth-order valence-corrected chi connectivity index (χ4v) is 2.97. The van der Waals surface area contributed by atoms with Crippen LogP contribution in [-0.4, -0.2) is 5.91 Å². The minimum absolute atomic E-state index is 0.0156. The highest BCUT2D eigenvalue weighted by molar-refractivity contribution is 9.10. The van der Waals surface area contributed by atoms with E-state index < -0.39 is 0 Å². The molecule has 0 unspecified atom stereocenters. The molecule has 0 heterocycles. The predicted octanol–water partition coefficient (Wildman–Crippen LogP) is 4.89. The third-order valence-electron chi connectivity index (χ3n) is 3.65. The molecule has 2 rings (SSSR count). The van der Waals surface area contributed by atoms with Gasteiger partial charge in [0.05, 0.1) is 5.69 Å². The van der Waals surface area contributed by atoms with Crippen molar-refractivity contribution in [2.45, 2.75) is 44.9 Å². The van der Waals surface area contributed by atoms with E-state index in [0.29, 0.717) is 22.5 Å². The summed E-state index contributed by atoms with van der Waals surface area (Å²) >= 11 is 3.32. The molecule has 1 saturated carbocycles. The van der Waals surface area contributed by atoms with Crippen LogP contribution in [0.5, 0.6) is 0 Å². The van der Waals surface area contributed by atoms with Crippen LogP contribution in [0.4, 0.5) is 10.1 Å². The molecule has 1 aromatic carbocycles. The van der Waals surface area contributed by atoms with Gasteiger partial charge >= 0.3 is 0 Å². The number of benzene rings is 1. The predicted molar refractivity (Wildman–Crippen MR) is 78.5 cm³/mol. The molecule has 0 aromatic heterocycles. The fourth-order valence-electron chi connectivity index (χ4n) is 2.62. The number of halogens is 2. The second kappa shape index (κ2) is 7.04. The summed E-state index contributed by atoms with van der Waals surface area (Å²) in [6.45, 7) is 0. The summed E-state index contributed by atoms with van der Waals surface area (Å²) in [4.78, 5) is 12.0. The van der Waals surface area contributed by atoms with E-state index in [9.17, 15) is 9.18 Å². The Morgan fingerprint density at radius 3 is 2.63 bits per heavy atom. The summed E-state index contributed by atoms with van der Waals surface area (Å²) in [5, 5.41) is 2.79. The zero-order chi connectivity index (χ0) is 13.7. The Labute approximate surface area is 121 Å². The topological polar surface area (TPSA) is 29.1 Å². The van der Waals surface area contributed by atoms with Crippen LogP contribution >= 0.6 is 15.9 Å². The molecule has 1 aliphatic carbocycles. The number of rotatable bonds is 3. The van der Waals surface area contributed by atoms with E-state index in [1.807, 2.05) is 0 Å². The van der Waals surface area contributed by atoms with Gasteiger partial charge < -0.3 is 5.32 Å². The molecule has 1 N–H and O–H groups in total. The van der Waals surface area contributed by atoms with E-state index in [1.165, 1.54) is 37.8 Å². The summed E-state index contributed by atoms with van der Waals surface area (Å²) in [5.74, 6) is 0.126. The van der Waals surface area contributed by atoms with Gasteiger partial charge in [-0.2, -0.15) is 0 Å². The van der Waals surface area contributed by atoms with Crippen LogP contribution in [0.3, 0.4) is 0 Å². The molecule has 1 aromatic rings. The molecular formula is C15H19BrFNO. The highest BCUT2D eigenvalue weighted by atomic mass is 79.9. The van der Waals surface area contributed by atoms with Crippen molar-refractivity contribution >= 4 is 27.5 Å². The number of carbonyl (C=O) groups is 1. The highest BCUT2D eigenvalue weighted by Gasteiger charge is 2.16. The number of amides is 1. The average molecular weight is 328 g/mol. The van der Waals surface area contributed by atoms with Crippen LogP contribution in [0.1, 0.15) is 44.9 Å². The third kappa shape index (κ3) is 4.60. The standard InChI is InChI=1S/C15H19BrFNO/c16-13-8-7-12(17)10-14(13)18-15(19)9-11-5-3-1-2-4-6-11/h7-8,10-11H,1-6,9H2,(H,18,19). The Balaban J connectivity index is 1.91. The van der Waals surface area contributed by atoms with E-state index in [2.05, 4.69) is 21.2 Å². The van der Waals surface area contributed by atoms with Gasteiger partial charge in [0.25, 0.3) is 0 Å². The van der Waals surface area contributed by atoms with Gasteiger partial charge in [-0.15, -0.1) is 0 Å². The number of carbonyl (C=O) groups excluding carboxylic acids is 1. The van der Waals surface area contributed by atoms with Crippen LogP contribution in [0.15, 0.2) is 22.7 Å². The minimum atomic E-state index is -0.340. The maximum Gasteiger partial charge on any atom is 0.224 e. The van der Waals surface area contributed by atoms with Crippen LogP contribution < -0.4 is 5.32 Å². The molecule has 0 spiro atoms. The first kappa shape index (κ1) is 14.5. The lowest BCUT2D eigenvalue weighted by atomic mass is 9.96. The Morgan fingerprint density at radius 1 is 1.26 bits per heavy atom. The number of hydrogen-bond donors (Lipinski definition) is 1. The van der Waals surface area contributed by atoms with E-state index >= 15 is 0 Å². The minimum Gasteiger partial charge on any atom is -0.325 e. The quantitative estimate of drug-likeness (QED) is 0.787. The summed E-state index contributed by atoms with van der Waals surface area (Å²) in [6.07, 6.45) is 7.84. The Hall–Kier alpha value is -0.900. The molecule has 1 fully saturated rings. The highest BCUT2D eigenvalue weighted by Crippen LogP contribution is 2.27. The Bertz CT molecular complexity index is 442. The normalized spacial score (nSPS) is 16.9. The average Bonchev–Trinajstić information content (AvgIpc) is 2.62. The second-order valence-corrected chi connectivity index (χ2v) is 6.09. The molecule has 1 amide bonds. The van der Waals surface area contributed by atoms with E-state index in [-0.39, 0.29) is 11.7 Å². The summed E-state index contributed by atoms with van der Waals surface area (Å²) in [7, 11) is 0. The van der Waals surface area contributed by atoms with Gasteiger partial charge in [-0.3, -0.25) is 4.79 Å². The van der Waals surface area contributed by atoms with Crippen molar-refractivity contribution in [1.29, 1.82) is 0 Å². The van der Waals surface area contributed by atoms with Gasteiger partial charge in [-0.25, -0.2) is 4.39 Å². The van der Waals surface area contributed by atoms with Crippen molar-refractivity contribution in [2.75, 3.05) is 5.32 Å². The van der Waals surface area contributed by atoms with Crippen LogP contribution in [0.2, 0.25) is 0 Å². The van der Waals surface area contributed by atoms with Crippen molar-refractivity contribution in [3.05, 3.63) is 28.5 Å². The first-order valence-corrected chi connectivity index (χ1v) is 7.69. The molecular weight excluding hydrogens is 309 g/mol. The summed E-state index contributed by atoms with van der Waals surface area (Å²) < 4.78 is 13.8. The Morgan fingerprint density at radius 2 is 1.95 bits per heavy atom. The molecule has 2 nitrogen and oxygen atoms in total. The third-order valence-corrected chi connectivity index (χ3v) is 4.34. The van der Waals surface area contributed by atoms with E-state index in [1.54, 1.807) is 6.07 Å². The van der Waals surface area contributed by atoms with Crippen LogP contribution in [0, 0.1) is 11.7 Å². The first-order chi connectivity index (χ1) is 9.15. The number of anilines is 1. The molecule has 19 heavy (non-hydrogen) atoms. The van der Waals surface area contributed by atoms with Crippen molar-refractivity contribution in [1.82, 2.24) is 0 Å². The Kier molecular flexibility index (Phi) is 5.37. The monoisotopic (exact) mass is 327 g/mol. The maximum atomic E-state index is 13.1. The van der Waals surface area contributed by atoms with Crippen LogP contribution in [0.25, 0.3) is 0 Å². The van der Waals surface area contributed by atoms with Gasteiger partial charge in [0.2, 0.25) is 5.91 Å².